The highest BCUT2D eigenvalue weighted by Crippen LogP contribution is 2.27. The minimum Gasteiger partial charge on any atom is -0.396 e. The van der Waals surface area contributed by atoms with E-state index in [1.165, 1.54) is 6.42 Å². The lowest BCUT2D eigenvalue weighted by atomic mass is 9.84. The molecule has 0 saturated heterocycles. The average Bonchev–Trinajstić information content (AvgIpc) is 2.19. The number of hydrogen-bond acceptors (Lipinski definition) is 3. The molecule has 0 bridgehead atoms. The zero-order valence-electron chi connectivity index (χ0n) is 12.0. The first kappa shape index (κ1) is 15.4. The molecule has 0 spiro atoms. The molecule has 1 aliphatic carbocycles. The van der Waals surface area contributed by atoms with Crippen LogP contribution in [-0.4, -0.2) is 41.1 Å². The van der Waals surface area contributed by atoms with E-state index in [4.69, 9.17) is 10.8 Å². The first-order valence-corrected chi connectivity index (χ1v) is 7.02. The molecule has 0 aromatic carbocycles. The second-order valence-electron chi connectivity index (χ2n) is 6.43. The van der Waals surface area contributed by atoms with Crippen LogP contribution in [0.1, 0.15) is 52.9 Å². The van der Waals surface area contributed by atoms with Gasteiger partial charge in [0.25, 0.3) is 0 Å². The summed E-state index contributed by atoms with van der Waals surface area (Å²) in [6.07, 6.45) is 4.47. The van der Waals surface area contributed by atoms with Crippen molar-refractivity contribution in [1.82, 2.24) is 4.90 Å². The Morgan fingerprint density at radius 2 is 2.06 bits per heavy atom. The number of nitrogens with two attached hydrogens (primary N) is 1. The Hall–Kier alpha value is -0.610. The van der Waals surface area contributed by atoms with Gasteiger partial charge in [-0.1, -0.05) is 20.8 Å². The van der Waals surface area contributed by atoms with E-state index >= 15 is 0 Å². The number of aliphatic hydroxyl groups is 1. The van der Waals surface area contributed by atoms with Crippen molar-refractivity contribution in [3.63, 3.8) is 0 Å². The molecule has 1 fully saturated rings. The summed E-state index contributed by atoms with van der Waals surface area (Å²) in [5.41, 5.74) is 6.04. The lowest BCUT2D eigenvalue weighted by molar-refractivity contribution is -0.136. The Kier molecular flexibility index (Phi) is 5.60. The molecule has 4 nitrogen and oxygen atoms in total. The van der Waals surface area contributed by atoms with Crippen LogP contribution in [0.15, 0.2) is 0 Å². The van der Waals surface area contributed by atoms with Gasteiger partial charge in [-0.3, -0.25) is 4.79 Å². The van der Waals surface area contributed by atoms with Crippen LogP contribution in [0.3, 0.4) is 0 Å². The first-order chi connectivity index (χ1) is 8.36. The van der Waals surface area contributed by atoms with Crippen LogP contribution in [-0.2, 0) is 4.79 Å². The second-order valence-corrected chi connectivity index (χ2v) is 6.43. The first-order valence-electron chi connectivity index (χ1n) is 7.02. The SMILES string of the molecule is CC(C)(C)C(N)CC(=O)N(CCCO)C1CCC1. The van der Waals surface area contributed by atoms with Crippen LogP contribution in [0.4, 0.5) is 0 Å². The van der Waals surface area contributed by atoms with Crippen LogP contribution in [0, 0.1) is 5.41 Å². The van der Waals surface area contributed by atoms with Crippen molar-refractivity contribution in [2.45, 2.75) is 65.0 Å². The summed E-state index contributed by atoms with van der Waals surface area (Å²) in [5, 5.41) is 8.92. The minimum absolute atomic E-state index is 0.0437. The van der Waals surface area contributed by atoms with E-state index in [1.54, 1.807) is 0 Å². The van der Waals surface area contributed by atoms with E-state index in [2.05, 4.69) is 20.8 Å². The Balaban J connectivity index is 2.53. The van der Waals surface area contributed by atoms with Gasteiger partial charge in [0, 0.05) is 31.7 Å². The van der Waals surface area contributed by atoms with Gasteiger partial charge >= 0.3 is 0 Å². The Bertz CT molecular complexity index is 269. The largest absolute Gasteiger partial charge is 0.396 e. The van der Waals surface area contributed by atoms with E-state index in [9.17, 15) is 4.79 Å². The molecule has 4 heteroatoms. The normalized spacial score (nSPS) is 18.3. The molecular formula is C14H28N2O2. The van der Waals surface area contributed by atoms with Gasteiger partial charge < -0.3 is 15.7 Å². The van der Waals surface area contributed by atoms with Crippen LogP contribution >= 0.6 is 0 Å². The Morgan fingerprint density at radius 1 is 1.44 bits per heavy atom. The van der Waals surface area contributed by atoms with Gasteiger partial charge in [0.2, 0.25) is 5.91 Å². The maximum atomic E-state index is 12.3. The maximum Gasteiger partial charge on any atom is 0.224 e. The lowest BCUT2D eigenvalue weighted by Crippen LogP contribution is -2.48. The fraction of sp³-hybridized carbons (Fsp3) is 0.929. The third-order valence-electron chi connectivity index (χ3n) is 3.90. The van der Waals surface area contributed by atoms with Crippen molar-refractivity contribution in [2.75, 3.05) is 13.2 Å². The molecule has 1 aliphatic rings. The molecule has 3 N–H and O–H groups in total. The summed E-state index contributed by atoms with van der Waals surface area (Å²) in [5.74, 6) is 0.149. The summed E-state index contributed by atoms with van der Waals surface area (Å²) >= 11 is 0. The Labute approximate surface area is 111 Å². The molecule has 18 heavy (non-hydrogen) atoms. The van der Waals surface area contributed by atoms with Crippen molar-refractivity contribution in [1.29, 1.82) is 0 Å². The predicted octanol–water partition coefficient (Wildman–Crippen LogP) is 1.51. The highest BCUT2D eigenvalue weighted by molar-refractivity contribution is 5.77. The second kappa shape index (κ2) is 6.53. The third-order valence-corrected chi connectivity index (χ3v) is 3.90. The summed E-state index contributed by atoms with van der Waals surface area (Å²) in [4.78, 5) is 14.2. The molecule has 0 heterocycles. The molecule has 106 valence electrons. The lowest BCUT2D eigenvalue weighted by Gasteiger charge is -2.39. The topological polar surface area (TPSA) is 66.6 Å². The molecule has 0 radical (unpaired) electrons. The van der Waals surface area contributed by atoms with Crippen LogP contribution < -0.4 is 5.73 Å². The van der Waals surface area contributed by atoms with E-state index in [1.807, 2.05) is 4.90 Å². The smallest absolute Gasteiger partial charge is 0.224 e. The molecule has 1 unspecified atom stereocenters. The number of hydrogen-bond donors (Lipinski definition) is 2. The van der Waals surface area contributed by atoms with Gasteiger partial charge in [-0.25, -0.2) is 0 Å². The molecule has 0 aromatic rings. The molecular weight excluding hydrogens is 228 g/mol. The molecule has 0 aliphatic heterocycles. The zero-order chi connectivity index (χ0) is 13.8. The monoisotopic (exact) mass is 256 g/mol. The fourth-order valence-electron chi connectivity index (χ4n) is 2.06. The molecule has 0 aromatic heterocycles. The van der Waals surface area contributed by atoms with Gasteiger partial charge in [0.05, 0.1) is 0 Å². The minimum atomic E-state index is -0.110. The van der Waals surface area contributed by atoms with Crippen molar-refractivity contribution < 1.29 is 9.90 Å². The molecule has 1 saturated carbocycles. The van der Waals surface area contributed by atoms with Gasteiger partial charge in [-0.15, -0.1) is 0 Å². The van der Waals surface area contributed by atoms with Crippen LogP contribution in [0.5, 0.6) is 0 Å². The average molecular weight is 256 g/mol. The standard InChI is InChI=1S/C14H28N2O2/c1-14(2,3)12(15)10-13(18)16(8-5-9-17)11-6-4-7-11/h11-12,17H,4-10,15H2,1-3H3. The van der Waals surface area contributed by atoms with Crippen molar-refractivity contribution >= 4 is 5.91 Å². The number of aliphatic hydroxyl groups excluding tert-OH is 1. The highest BCUT2D eigenvalue weighted by Gasteiger charge is 2.31. The molecule has 1 rings (SSSR count). The molecule has 1 amide bonds. The van der Waals surface area contributed by atoms with Crippen molar-refractivity contribution in [3.05, 3.63) is 0 Å². The Morgan fingerprint density at radius 3 is 2.44 bits per heavy atom. The highest BCUT2D eigenvalue weighted by atomic mass is 16.3. The fourth-order valence-corrected chi connectivity index (χ4v) is 2.06. The van der Waals surface area contributed by atoms with Crippen LogP contribution in [0.25, 0.3) is 0 Å². The van der Waals surface area contributed by atoms with E-state index < -0.39 is 0 Å². The quantitative estimate of drug-likeness (QED) is 0.757. The third kappa shape index (κ3) is 4.25. The van der Waals surface area contributed by atoms with Gasteiger partial charge in [-0.05, 0) is 31.1 Å². The summed E-state index contributed by atoms with van der Waals surface area (Å²) in [7, 11) is 0. The van der Waals surface area contributed by atoms with Gasteiger partial charge in [0.15, 0.2) is 0 Å². The number of carbonyl (C=O) groups is 1. The number of rotatable bonds is 6. The van der Waals surface area contributed by atoms with Crippen molar-refractivity contribution in [2.24, 2.45) is 11.1 Å². The van der Waals surface area contributed by atoms with E-state index in [-0.39, 0.29) is 24.0 Å². The number of carbonyl (C=O) groups excluding carboxylic acids is 1. The summed E-state index contributed by atoms with van der Waals surface area (Å²) < 4.78 is 0. The van der Waals surface area contributed by atoms with Gasteiger partial charge in [-0.2, -0.15) is 0 Å². The molecule has 1 atom stereocenters. The maximum absolute atomic E-state index is 12.3. The zero-order valence-corrected chi connectivity index (χ0v) is 12.0. The number of nitrogens with zero attached hydrogens (tertiary/aromatic N) is 1. The predicted molar refractivity (Wildman–Crippen MR) is 73.1 cm³/mol. The van der Waals surface area contributed by atoms with Gasteiger partial charge in [0.1, 0.15) is 0 Å². The summed E-state index contributed by atoms with van der Waals surface area (Å²) in [6, 6.07) is 0.276. The number of amides is 1. The van der Waals surface area contributed by atoms with E-state index in [0.29, 0.717) is 25.4 Å². The van der Waals surface area contributed by atoms with Crippen molar-refractivity contribution in [3.8, 4) is 0 Å². The van der Waals surface area contributed by atoms with Crippen LogP contribution in [0.2, 0.25) is 0 Å². The summed E-state index contributed by atoms with van der Waals surface area (Å²) in [6.45, 7) is 6.99. The van der Waals surface area contributed by atoms with E-state index in [0.717, 1.165) is 12.8 Å².